The molecule has 1 aliphatic rings. The third-order valence-electron chi connectivity index (χ3n) is 5.67. The normalized spacial score (nSPS) is 17.9. The minimum atomic E-state index is -4.61. The molecule has 150 valence electrons. The summed E-state index contributed by atoms with van der Waals surface area (Å²) in [6.45, 7) is 5.27. The predicted molar refractivity (Wildman–Crippen MR) is 96.1 cm³/mol. The van der Waals surface area contributed by atoms with Crippen LogP contribution in [-0.2, 0) is 6.18 Å². The molecule has 1 aromatic heterocycles. The standard InChI is InChI=1S/C19H25F4N3O/c1-3-12(4-2)11-18(27)5-7-26(8-6-18)17-24-15-10-13(19(21,22)23)9-14(20)16(15)25-17/h9-10,12,27H,3-8,11H2,1-2H3,(H,24,25). The predicted octanol–water partition coefficient (Wildman–Crippen LogP) is 4.88. The summed E-state index contributed by atoms with van der Waals surface area (Å²) in [7, 11) is 0. The lowest BCUT2D eigenvalue weighted by Gasteiger charge is -2.39. The Morgan fingerprint density at radius 3 is 2.41 bits per heavy atom. The average Bonchev–Trinajstić information content (AvgIpc) is 3.04. The van der Waals surface area contributed by atoms with Crippen LogP contribution in [0.5, 0.6) is 0 Å². The third kappa shape index (κ3) is 4.20. The van der Waals surface area contributed by atoms with Gasteiger partial charge in [-0.05, 0) is 37.3 Å². The molecule has 4 nitrogen and oxygen atoms in total. The lowest BCUT2D eigenvalue weighted by molar-refractivity contribution is -0.137. The van der Waals surface area contributed by atoms with Crippen molar-refractivity contribution in [2.75, 3.05) is 18.0 Å². The van der Waals surface area contributed by atoms with Gasteiger partial charge in [-0.15, -0.1) is 0 Å². The molecule has 0 unspecified atom stereocenters. The molecular weight excluding hydrogens is 362 g/mol. The van der Waals surface area contributed by atoms with Crippen molar-refractivity contribution in [1.82, 2.24) is 9.97 Å². The first-order chi connectivity index (χ1) is 12.6. The molecule has 0 atom stereocenters. The average molecular weight is 387 g/mol. The van der Waals surface area contributed by atoms with Gasteiger partial charge >= 0.3 is 6.18 Å². The number of H-pyrrole nitrogens is 1. The molecule has 0 amide bonds. The van der Waals surface area contributed by atoms with E-state index in [-0.39, 0.29) is 11.0 Å². The maximum Gasteiger partial charge on any atom is 0.416 e. The molecule has 0 radical (unpaired) electrons. The number of imidazole rings is 1. The van der Waals surface area contributed by atoms with Crippen LogP contribution >= 0.6 is 0 Å². The molecule has 1 aliphatic heterocycles. The van der Waals surface area contributed by atoms with Gasteiger partial charge in [0.25, 0.3) is 0 Å². The van der Waals surface area contributed by atoms with E-state index >= 15 is 0 Å². The lowest BCUT2D eigenvalue weighted by atomic mass is 9.81. The molecule has 0 saturated carbocycles. The maximum atomic E-state index is 14.1. The van der Waals surface area contributed by atoms with Crippen LogP contribution in [0.4, 0.5) is 23.5 Å². The molecule has 8 heteroatoms. The summed E-state index contributed by atoms with van der Waals surface area (Å²) in [5, 5.41) is 10.8. The molecule has 1 saturated heterocycles. The number of nitrogens with zero attached hydrogens (tertiary/aromatic N) is 2. The van der Waals surface area contributed by atoms with Gasteiger partial charge in [0, 0.05) is 13.1 Å². The van der Waals surface area contributed by atoms with E-state index in [1.54, 1.807) is 0 Å². The van der Waals surface area contributed by atoms with Crippen molar-refractivity contribution in [1.29, 1.82) is 0 Å². The van der Waals surface area contributed by atoms with Crippen LogP contribution in [-0.4, -0.2) is 33.8 Å². The van der Waals surface area contributed by atoms with E-state index in [1.807, 2.05) is 4.90 Å². The number of piperidine rings is 1. The molecule has 2 aromatic rings. The number of aliphatic hydroxyl groups is 1. The zero-order valence-corrected chi connectivity index (χ0v) is 15.5. The summed E-state index contributed by atoms with van der Waals surface area (Å²) in [4.78, 5) is 8.80. The van der Waals surface area contributed by atoms with Crippen molar-refractivity contribution < 1.29 is 22.7 Å². The Hall–Kier alpha value is -1.83. The summed E-state index contributed by atoms with van der Waals surface area (Å²) >= 11 is 0. The van der Waals surface area contributed by atoms with Crippen LogP contribution in [0.2, 0.25) is 0 Å². The van der Waals surface area contributed by atoms with Crippen LogP contribution in [0.15, 0.2) is 12.1 Å². The second-order valence-corrected chi connectivity index (χ2v) is 7.51. The fraction of sp³-hybridized carbons (Fsp3) is 0.632. The van der Waals surface area contributed by atoms with Crippen molar-refractivity contribution in [2.45, 2.75) is 57.7 Å². The Labute approximate surface area is 155 Å². The molecule has 1 fully saturated rings. The number of aromatic amines is 1. The topological polar surface area (TPSA) is 52.1 Å². The third-order valence-corrected chi connectivity index (χ3v) is 5.67. The van der Waals surface area contributed by atoms with E-state index in [0.29, 0.717) is 43.9 Å². The quantitative estimate of drug-likeness (QED) is 0.719. The number of alkyl halides is 3. The fourth-order valence-electron chi connectivity index (χ4n) is 3.83. The summed E-state index contributed by atoms with van der Waals surface area (Å²) in [6, 6.07) is 1.35. The van der Waals surface area contributed by atoms with Gasteiger partial charge in [0.2, 0.25) is 5.95 Å². The van der Waals surface area contributed by atoms with Crippen LogP contribution in [0.1, 0.15) is 51.5 Å². The van der Waals surface area contributed by atoms with Gasteiger partial charge in [-0.25, -0.2) is 9.37 Å². The van der Waals surface area contributed by atoms with Crippen molar-refractivity contribution in [3.05, 3.63) is 23.5 Å². The number of hydrogen-bond donors (Lipinski definition) is 2. The van der Waals surface area contributed by atoms with E-state index < -0.39 is 23.2 Å². The highest BCUT2D eigenvalue weighted by Crippen LogP contribution is 2.35. The van der Waals surface area contributed by atoms with Gasteiger partial charge < -0.3 is 15.0 Å². The largest absolute Gasteiger partial charge is 0.416 e. The highest BCUT2D eigenvalue weighted by molar-refractivity contribution is 5.79. The number of benzene rings is 1. The smallest absolute Gasteiger partial charge is 0.390 e. The van der Waals surface area contributed by atoms with Gasteiger partial charge in [-0.1, -0.05) is 26.7 Å². The van der Waals surface area contributed by atoms with Crippen molar-refractivity contribution in [3.8, 4) is 0 Å². The van der Waals surface area contributed by atoms with E-state index in [0.717, 1.165) is 25.3 Å². The number of rotatable bonds is 5. The van der Waals surface area contributed by atoms with Gasteiger partial charge in [0.1, 0.15) is 5.52 Å². The van der Waals surface area contributed by atoms with Gasteiger partial charge in [-0.2, -0.15) is 13.2 Å². The number of hydrogen-bond acceptors (Lipinski definition) is 3. The van der Waals surface area contributed by atoms with E-state index in [1.165, 1.54) is 0 Å². The van der Waals surface area contributed by atoms with Crippen LogP contribution < -0.4 is 4.90 Å². The highest BCUT2D eigenvalue weighted by Gasteiger charge is 2.35. The summed E-state index contributed by atoms with van der Waals surface area (Å²) in [5.41, 5.74) is -1.85. The number of nitrogens with one attached hydrogen (secondary N) is 1. The van der Waals surface area contributed by atoms with Crippen molar-refractivity contribution in [2.24, 2.45) is 5.92 Å². The first-order valence-electron chi connectivity index (χ1n) is 9.39. The molecule has 1 aromatic carbocycles. The van der Waals surface area contributed by atoms with Crippen LogP contribution in [0, 0.1) is 11.7 Å². The number of aromatic nitrogens is 2. The highest BCUT2D eigenvalue weighted by atomic mass is 19.4. The molecule has 0 aliphatic carbocycles. The Bertz CT molecular complexity index is 790. The maximum absolute atomic E-state index is 14.1. The van der Waals surface area contributed by atoms with E-state index in [2.05, 4.69) is 23.8 Å². The zero-order chi connectivity index (χ0) is 19.8. The summed E-state index contributed by atoms with van der Waals surface area (Å²) in [6.07, 6.45) is -0.720. The molecule has 27 heavy (non-hydrogen) atoms. The van der Waals surface area contributed by atoms with Crippen LogP contribution in [0.25, 0.3) is 11.0 Å². The first-order valence-corrected chi connectivity index (χ1v) is 9.39. The summed E-state index contributed by atoms with van der Waals surface area (Å²) in [5.74, 6) is -0.181. The molecule has 2 heterocycles. The molecule has 3 rings (SSSR count). The first kappa shape index (κ1) is 19.9. The van der Waals surface area contributed by atoms with Crippen LogP contribution in [0.3, 0.4) is 0 Å². The molecule has 2 N–H and O–H groups in total. The monoisotopic (exact) mass is 387 g/mol. The van der Waals surface area contributed by atoms with Gasteiger partial charge in [0.05, 0.1) is 16.7 Å². The molecule has 0 bridgehead atoms. The van der Waals surface area contributed by atoms with Crippen molar-refractivity contribution in [3.63, 3.8) is 0 Å². The van der Waals surface area contributed by atoms with E-state index in [9.17, 15) is 22.7 Å². The van der Waals surface area contributed by atoms with Gasteiger partial charge in [-0.3, -0.25) is 0 Å². The number of fused-ring (bicyclic) bond motifs is 1. The molecule has 0 spiro atoms. The Morgan fingerprint density at radius 1 is 1.22 bits per heavy atom. The number of halogens is 4. The SMILES string of the molecule is CCC(CC)CC1(O)CCN(c2nc3c(F)cc(C(F)(F)F)cc3[nH]2)CC1. The lowest BCUT2D eigenvalue weighted by Crippen LogP contribution is -2.45. The summed E-state index contributed by atoms with van der Waals surface area (Å²) < 4.78 is 52.7. The second-order valence-electron chi connectivity index (χ2n) is 7.51. The fourth-order valence-corrected chi connectivity index (χ4v) is 3.83. The Balaban J connectivity index is 1.77. The van der Waals surface area contributed by atoms with E-state index in [4.69, 9.17) is 0 Å². The molecular formula is C19H25F4N3O. The Kier molecular flexibility index (Phi) is 5.38. The zero-order valence-electron chi connectivity index (χ0n) is 15.5. The number of anilines is 1. The van der Waals surface area contributed by atoms with Crippen molar-refractivity contribution >= 4 is 17.0 Å². The Morgan fingerprint density at radius 2 is 1.85 bits per heavy atom. The minimum absolute atomic E-state index is 0.0233. The second kappa shape index (κ2) is 7.30. The van der Waals surface area contributed by atoms with Gasteiger partial charge in [0.15, 0.2) is 5.82 Å². The minimum Gasteiger partial charge on any atom is -0.390 e.